The van der Waals surface area contributed by atoms with Gasteiger partial charge in [0, 0.05) is 27.1 Å². The molecule has 1 N–H and O–H groups in total. The lowest BCUT2D eigenvalue weighted by atomic mass is 10.1. The fourth-order valence-corrected chi connectivity index (χ4v) is 6.06. The van der Waals surface area contributed by atoms with Crippen molar-refractivity contribution in [3.05, 3.63) is 62.5 Å². The van der Waals surface area contributed by atoms with E-state index in [0.717, 1.165) is 36.2 Å². The summed E-state index contributed by atoms with van der Waals surface area (Å²) in [5.41, 5.74) is 0.947. The summed E-state index contributed by atoms with van der Waals surface area (Å²) in [5.74, 6) is -0.768. The van der Waals surface area contributed by atoms with E-state index in [0.29, 0.717) is 32.2 Å². The highest BCUT2D eigenvalue weighted by Gasteiger charge is 2.33. The van der Waals surface area contributed by atoms with Crippen molar-refractivity contribution in [1.82, 2.24) is 10.2 Å². The van der Waals surface area contributed by atoms with Crippen LogP contribution in [0.15, 0.2) is 46.9 Å². The molecular formula is C25H30BrCl2N3O4S. The lowest BCUT2D eigenvalue weighted by molar-refractivity contribution is -0.140. The normalized spacial score (nSPS) is 14.9. The standard InChI is InChI=1S/C25H30BrCl2N3O4S/c1-3-23(25(33)29-20-8-4-5-9-20)30(15-17-11-12-19(27)14-22(17)28)24(32)16-31(36(2,34)35)21-10-6-7-18(26)13-21/h6-7,10-14,20,23H,3-5,8-9,15-16H2,1-2H3,(H,29,33). The van der Waals surface area contributed by atoms with Gasteiger partial charge in [-0.3, -0.25) is 13.9 Å². The van der Waals surface area contributed by atoms with Gasteiger partial charge in [-0.1, -0.05) is 71.0 Å². The molecule has 2 aromatic rings. The van der Waals surface area contributed by atoms with Gasteiger partial charge in [0.1, 0.15) is 12.6 Å². The number of hydrogen-bond acceptors (Lipinski definition) is 4. The molecule has 1 fully saturated rings. The van der Waals surface area contributed by atoms with Crippen LogP contribution in [-0.2, 0) is 26.2 Å². The SMILES string of the molecule is CCC(C(=O)NC1CCCC1)N(Cc1ccc(Cl)cc1Cl)C(=O)CN(c1cccc(Br)c1)S(C)(=O)=O. The minimum absolute atomic E-state index is 0.0293. The molecule has 7 nitrogen and oxygen atoms in total. The maximum Gasteiger partial charge on any atom is 0.244 e. The molecule has 0 aliphatic heterocycles. The summed E-state index contributed by atoms with van der Waals surface area (Å²) in [6.45, 7) is 1.39. The topological polar surface area (TPSA) is 86.8 Å². The molecule has 196 valence electrons. The minimum atomic E-state index is -3.80. The molecule has 2 aromatic carbocycles. The first-order valence-corrected chi connectivity index (χ1v) is 15.2. The Morgan fingerprint density at radius 2 is 1.83 bits per heavy atom. The number of nitrogens with one attached hydrogen (secondary N) is 1. The number of carbonyl (C=O) groups excluding carboxylic acids is 2. The number of anilines is 1. The molecule has 3 rings (SSSR count). The van der Waals surface area contributed by atoms with E-state index in [9.17, 15) is 18.0 Å². The Balaban J connectivity index is 1.95. The number of nitrogens with zero attached hydrogens (tertiary/aromatic N) is 2. The molecule has 1 saturated carbocycles. The monoisotopic (exact) mass is 617 g/mol. The molecule has 0 bridgehead atoms. The fraction of sp³-hybridized carbons (Fsp3) is 0.440. The highest BCUT2D eigenvalue weighted by atomic mass is 79.9. The second-order valence-corrected chi connectivity index (χ2v) is 12.6. The van der Waals surface area contributed by atoms with Crippen LogP contribution in [0.3, 0.4) is 0 Å². The third-order valence-electron chi connectivity index (χ3n) is 6.22. The van der Waals surface area contributed by atoms with E-state index in [2.05, 4.69) is 21.2 Å². The van der Waals surface area contributed by atoms with E-state index in [-0.39, 0.29) is 18.5 Å². The van der Waals surface area contributed by atoms with Crippen molar-refractivity contribution in [3.8, 4) is 0 Å². The Hall–Kier alpha value is -1.81. The molecule has 11 heteroatoms. The zero-order valence-electron chi connectivity index (χ0n) is 20.2. The Morgan fingerprint density at radius 3 is 2.42 bits per heavy atom. The van der Waals surface area contributed by atoms with Gasteiger partial charge in [-0.05, 0) is 55.2 Å². The number of halogens is 3. The molecule has 36 heavy (non-hydrogen) atoms. The molecule has 0 spiro atoms. The molecular weight excluding hydrogens is 589 g/mol. The van der Waals surface area contributed by atoms with Gasteiger partial charge in [0.25, 0.3) is 0 Å². The molecule has 0 aromatic heterocycles. The van der Waals surface area contributed by atoms with E-state index in [1.165, 1.54) is 4.90 Å². The van der Waals surface area contributed by atoms with Crippen LogP contribution in [0.4, 0.5) is 5.69 Å². The van der Waals surface area contributed by atoms with Crippen molar-refractivity contribution >= 4 is 66.7 Å². The summed E-state index contributed by atoms with van der Waals surface area (Å²) < 4.78 is 27.1. The van der Waals surface area contributed by atoms with Gasteiger partial charge in [-0.25, -0.2) is 8.42 Å². The largest absolute Gasteiger partial charge is 0.352 e. The number of benzene rings is 2. The Morgan fingerprint density at radius 1 is 1.14 bits per heavy atom. The maximum atomic E-state index is 13.7. The van der Waals surface area contributed by atoms with Crippen LogP contribution in [0.1, 0.15) is 44.6 Å². The van der Waals surface area contributed by atoms with E-state index in [1.807, 2.05) is 6.92 Å². The van der Waals surface area contributed by atoms with Crippen LogP contribution >= 0.6 is 39.1 Å². The minimum Gasteiger partial charge on any atom is -0.352 e. The van der Waals surface area contributed by atoms with Crippen molar-refractivity contribution in [2.75, 3.05) is 17.1 Å². The molecule has 2 amide bonds. The van der Waals surface area contributed by atoms with Crippen LogP contribution in [0.2, 0.25) is 10.0 Å². The molecule has 0 saturated heterocycles. The van der Waals surface area contributed by atoms with Crippen LogP contribution < -0.4 is 9.62 Å². The van der Waals surface area contributed by atoms with Crippen LogP contribution in [0.25, 0.3) is 0 Å². The zero-order chi connectivity index (χ0) is 26.5. The van der Waals surface area contributed by atoms with Crippen LogP contribution in [0.5, 0.6) is 0 Å². The van der Waals surface area contributed by atoms with Crippen LogP contribution in [0, 0.1) is 0 Å². The summed E-state index contributed by atoms with van der Waals surface area (Å²) in [7, 11) is -3.80. The molecule has 1 aliphatic carbocycles. The summed E-state index contributed by atoms with van der Waals surface area (Å²) >= 11 is 15.8. The third-order valence-corrected chi connectivity index (χ3v) is 8.44. The second kappa shape index (κ2) is 12.6. The first-order chi connectivity index (χ1) is 17.0. The van der Waals surface area contributed by atoms with Crippen LogP contribution in [-0.4, -0.2) is 50.0 Å². The highest BCUT2D eigenvalue weighted by molar-refractivity contribution is 9.10. The van der Waals surface area contributed by atoms with Crippen molar-refractivity contribution in [2.24, 2.45) is 0 Å². The number of hydrogen-bond donors (Lipinski definition) is 1. The first kappa shape index (κ1) is 28.8. The van der Waals surface area contributed by atoms with Gasteiger partial charge >= 0.3 is 0 Å². The maximum absolute atomic E-state index is 13.7. The summed E-state index contributed by atoms with van der Waals surface area (Å²) in [6.07, 6.45) is 5.33. The van der Waals surface area contributed by atoms with E-state index in [4.69, 9.17) is 23.2 Å². The third kappa shape index (κ3) is 7.60. The Kier molecular flexibility index (Phi) is 10.1. The Labute approximate surface area is 231 Å². The molecule has 1 aliphatic rings. The lowest BCUT2D eigenvalue weighted by Gasteiger charge is -2.33. The summed E-state index contributed by atoms with van der Waals surface area (Å²) in [4.78, 5) is 28.5. The van der Waals surface area contributed by atoms with Gasteiger partial charge in [0.15, 0.2) is 0 Å². The molecule has 1 atom stereocenters. The quantitative estimate of drug-likeness (QED) is 0.387. The van der Waals surface area contributed by atoms with Crippen molar-refractivity contribution in [1.29, 1.82) is 0 Å². The summed E-state index contributed by atoms with van der Waals surface area (Å²) in [6, 6.07) is 10.9. The lowest BCUT2D eigenvalue weighted by Crippen LogP contribution is -2.53. The smallest absolute Gasteiger partial charge is 0.244 e. The van der Waals surface area contributed by atoms with Gasteiger partial charge in [0.05, 0.1) is 11.9 Å². The predicted octanol–water partition coefficient (Wildman–Crippen LogP) is 5.39. The summed E-state index contributed by atoms with van der Waals surface area (Å²) in [5, 5.41) is 3.88. The zero-order valence-corrected chi connectivity index (χ0v) is 24.1. The Bertz CT molecular complexity index is 1210. The molecule has 0 heterocycles. The van der Waals surface area contributed by atoms with E-state index >= 15 is 0 Å². The predicted molar refractivity (Wildman–Crippen MR) is 148 cm³/mol. The number of carbonyl (C=O) groups is 2. The number of sulfonamides is 1. The van der Waals surface area contributed by atoms with E-state index < -0.39 is 28.5 Å². The van der Waals surface area contributed by atoms with Crippen molar-refractivity contribution in [3.63, 3.8) is 0 Å². The molecule has 0 radical (unpaired) electrons. The average Bonchev–Trinajstić information content (AvgIpc) is 3.30. The fourth-order valence-electron chi connectivity index (χ4n) is 4.37. The average molecular weight is 619 g/mol. The van der Waals surface area contributed by atoms with Gasteiger partial charge < -0.3 is 10.2 Å². The van der Waals surface area contributed by atoms with Gasteiger partial charge in [0.2, 0.25) is 21.8 Å². The van der Waals surface area contributed by atoms with E-state index in [1.54, 1.807) is 42.5 Å². The number of rotatable bonds is 10. The molecule has 1 unspecified atom stereocenters. The number of amides is 2. The van der Waals surface area contributed by atoms with Crippen molar-refractivity contribution < 1.29 is 18.0 Å². The highest BCUT2D eigenvalue weighted by Crippen LogP contribution is 2.26. The van der Waals surface area contributed by atoms with Gasteiger partial charge in [-0.2, -0.15) is 0 Å². The first-order valence-electron chi connectivity index (χ1n) is 11.8. The second-order valence-electron chi connectivity index (χ2n) is 8.92. The van der Waals surface area contributed by atoms with Crippen molar-refractivity contribution in [2.45, 2.75) is 57.7 Å². The van der Waals surface area contributed by atoms with Gasteiger partial charge in [-0.15, -0.1) is 0 Å².